The summed E-state index contributed by atoms with van der Waals surface area (Å²) in [4.78, 5) is 0. The number of benzene rings is 8. The molecule has 1 aliphatic heterocycles. The molecule has 0 amide bonds. The Morgan fingerprint density at radius 3 is 1.55 bits per heavy atom. The van der Waals surface area contributed by atoms with Gasteiger partial charge < -0.3 is 4.57 Å². The minimum atomic E-state index is -0.228. The van der Waals surface area contributed by atoms with Crippen molar-refractivity contribution in [1.29, 1.82) is 0 Å². The molecule has 4 heteroatoms. The molecule has 3 atom stereocenters. The molecule has 11 rings (SSSR count). The highest BCUT2D eigenvalue weighted by atomic mass is 15.4. The summed E-state index contributed by atoms with van der Waals surface area (Å²) in [5, 5.41) is 17.0. The van der Waals surface area contributed by atoms with Crippen molar-refractivity contribution in [2.24, 2.45) is 0 Å². The third-order valence-corrected chi connectivity index (χ3v) is 11.3. The molecular formula is C49H36N4. The van der Waals surface area contributed by atoms with Crippen LogP contribution in [-0.4, -0.2) is 4.57 Å². The smallest absolute Gasteiger partial charge is 0.142 e. The summed E-state index contributed by atoms with van der Waals surface area (Å²) in [6, 6.07) is 66.3. The van der Waals surface area contributed by atoms with Crippen molar-refractivity contribution in [3.8, 4) is 44.5 Å². The van der Waals surface area contributed by atoms with Crippen molar-refractivity contribution in [1.82, 2.24) is 20.5 Å². The highest BCUT2D eigenvalue weighted by Gasteiger charge is 2.33. The van der Waals surface area contributed by atoms with Gasteiger partial charge in [-0.3, -0.25) is 16.0 Å². The van der Waals surface area contributed by atoms with Crippen molar-refractivity contribution >= 4 is 32.6 Å². The minimum Gasteiger partial charge on any atom is -0.311 e. The summed E-state index contributed by atoms with van der Waals surface area (Å²) in [5.41, 5.74) is 14.8. The molecule has 3 unspecified atom stereocenters. The Bertz CT molecular complexity index is 2820. The minimum absolute atomic E-state index is 0.0960. The Hall–Kier alpha value is -6.30. The molecule has 0 saturated carbocycles. The molecule has 1 aromatic heterocycles. The predicted octanol–water partition coefficient (Wildman–Crippen LogP) is 11.6. The van der Waals surface area contributed by atoms with E-state index in [4.69, 9.17) is 0 Å². The summed E-state index contributed by atoms with van der Waals surface area (Å²) < 4.78 is 2.50. The van der Waals surface area contributed by atoms with E-state index in [1.54, 1.807) is 0 Å². The quantitative estimate of drug-likeness (QED) is 0.173. The number of nitrogens with one attached hydrogen (secondary N) is 3. The van der Waals surface area contributed by atoms with Gasteiger partial charge >= 0.3 is 0 Å². The molecule has 0 radical (unpaired) electrons. The van der Waals surface area contributed by atoms with Gasteiger partial charge in [0.25, 0.3) is 0 Å². The molecule has 53 heavy (non-hydrogen) atoms. The standard InChI is InChI=1S/C49H36N4/c1-3-14-31(15-4-1)32-26-28-34(29-27-32)48-50-47(33-16-5-2-6-17-33)51-49(52-48)53-43-25-12-11-22-40(43)46-41-24-13-23-39-37-20-9-7-18-35(37)36-19-8-10-21-38(36)42(45(39)41)30-44(46)53/h1-30,47-52H. The van der Waals surface area contributed by atoms with Gasteiger partial charge in [-0.25, -0.2) is 0 Å². The van der Waals surface area contributed by atoms with E-state index in [1.165, 1.54) is 88.2 Å². The third kappa shape index (κ3) is 4.81. The van der Waals surface area contributed by atoms with Gasteiger partial charge in [-0.15, -0.1) is 0 Å². The lowest BCUT2D eigenvalue weighted by Gasteiger charge is -2.40. The number of fused-ring (bicyclic) bond motifs is 9. The van der Waals surface area contributed by atoms with Crippen molar-refractivity contribution < 1.29 is 0 Å². The van der Waals surface area contributed by atoms with Crippen LogP contribution in [0.2, 0.25) is 0 Å². The van der Waals surface area contributed by atoms with Crippen LogP contribution in [0.15, 0.2) is 182 Å². The van der Waals surface area contributed by atoms with Crippen molar-refractivity contribution in [3.05, 3.63) is 193 Å². The van der Waals surface area contributed by atoms with Crippen molar-refractivity contribution in [3.63, 3.8) is 0 Å². The van der Waals surface area contributed by atoms with Gasteiger partial charge in [0.1, 0.15) is 6.29 Å². The lowest BCUT2D eigenvalue weighted by Crippen LogP contribution is -2.56. The second-order valence-electron chi connectivity index (χ2n) is 14.2. The van der Waals surface area contributed by atoms with Crippen LogP contribution in [0.4, 0.5) is 0 Å². The van der Waals surface area contributed by atoms with E-state index in [9.17, 15) is 0 Å². The lowest BCUT2D eigenvalue weighted by molar-refractivity contribution is 0.161. The second-order valence-corrected chi connectivity index (χ2v) is 14.2. The van der Waals surface area contributed by atoms with Gasteiger partial charge in [0.05, 0.1) is 23.4 Å². The highest BCUT2D eigenvalue weighted by Crippen LogP contribution is 2.50. The molecule has 2 aliphatic rings. The fraction of sp³-hybridized carbons (Fsp3) is 0.0612. The SMILES string of the molecule is c1ccc(-c2ccc(C3NC(c4ccccc4)NC(n4c5ccccc5c5c6cccc7c6c(cc54)-c4ccccc4-c4ccccc4-7)N3)cc2)cc1. The van der Waals surface area contributed by atoms with E-state index in [1.807, 2.05) is 0 Å². The molecule has 9 aromatic rings. The number of para-hydroxylation sites is 1. The molecule has 2 heterocycles. The molecule has 1 fully saturated rings. The molecule has 4 nitrogen and oxygen atoms in total. The summed E-state index contributed by atoms with van der Waals surface area (Å²) in [5.74, 6) is 0. The fourth-order valence-corrected chi connectivity index (χ4v) is 8.89. The van der Waals surface area contributed by atoms with Gasteiger partial charge in [-0.2, -0.15) is 0 Å². The normalized spacial score (nSPS) is 17.8. The van der Waals surface area contributed by atoms with Gasteiger partial charge in [-0.1, -0.05) is 170 Å². The maximum Gasteiger partial charge on any atom is 0.142 e. The van der Waals surface area contributed by atoms with E-state index in [0.29, 0.717) is 0 Å². The number of nitrogens with zero attached hydrogens (tertiary/aromatic N) is 1. The average molecular weight is 681 g/mol. The largest absolute Gasteiger partial charge is 0.311 e. The van der Waals surface area contributed by atoms with Crippen LogP contribution in [0.3, 0.4) is 0 Å². The number of aromatic nitrogens is 1. The maximum absolute atomic E-state index is 4.01. The molecule has 0 spiro atoms. The summed E-state index contributed by atoms with van der Waals surface area (Å²) >= 11 is 0. The van der Waals surface area contributed by atoms with Crippen LogP contribution < -0.4 is 16.0 Å². The van der Waals surface area contributed by atoms with E-state index in [-0.39, 0.29) is 18.6 Å². The first-order chi connectivity index (χ1) is 26.3. The van der Waals surface area contributed by atoms with Crippen LogP contribution >= 0.6 is 0 Å². The molecule has 252 valence electrons. The Balaban J connectivity index is 1.14. The zero-order valence-corrected chi connectivity index (χ0v) is 29.0. The van der Waals surface area contributed by atoms with Gasteiger partial charge in [0.15, 0.2) is 0 Å². The number of hydrogen-bond donors (Lipinski definition) is 3. The molecule has 8 aromatic carbocycles. The van der Waals surface area contributed by atoms with Crippen LogP contribution in [0, 0.1) is 0 Å². The molecule has 1 aliphatic carbocycles. The maximum atomic E-state index is 4.01. The van der Waals surface area contributed by atoms with Crippen LogP contribution in [-0.2, 0) is 0 Å². The van der Waals surface area contributed by atoms with E-state index in [0.717, 1.165) is 0 Å². The first kappa shape index (κ1) is 30.3. The van der Waals surface area contributed by atoms with E-state index >= 15 is 0 Å². The molecular weight excluding hydrogens is 645 g/mol. The van der Waals surface area contributed by atoms with Gasteiger partial charge in [0, 0.05) is 10.8 Å². The first-order valence-electron chi connectivity index (χ1n) is 18.5. The van der Waals surface area contributed by atoms with Crippen LogP contribution in [0.1, 0.15) is 29.7 Å². The summed E-state index contributed by atoms with van der Waals surface area (Å²) in [7, 11) is 0. The fourth-order valence-electron chi connectivity index (χ4n) is 8.89. The van der Waals surface area contributed by atoms with Gasteiger partial charge in [0.2, 0.25) is 0 Å². The Kier molecular flexibility index (Phi) is 6.95. The Morgan fingerprint density at radius 1 is 0.340 bits per heavy atom. The monoisotopic (exact) mass is 680 g/mol. The highest BCUT2D eigenvalue weighted by molar-refractivity contribution is 6.27. The van der Waals surface area contributed by atoms with E-state index in [2.05, 4.69) is 203 Å². The summed E-state index contributed by atoms with van der Waals surface area (Å²) in [6.45, 7) is 0. The predicted molar refractivity (Wildman–Crippen MR) is 219 cm³/mol. The van der Waals surface area contributed by atoms with Crippen LogP contribution in [0.25, 0.3) is 77.1 Å². The van der Waals surface area contributed by atoms with Gasteiger partial charge in [-0.05, 0) is 78.5 Å². The Morgan fingerprint density at radius 2 is 0.849 bits per heavy atom. The lowest BCUT2D eigenvalue weighted by atomic mass is 9.91. The number of hydrogen-bond acceptors (Lipinski definition) is 3. The zero-order chi connectivity index (χ0) is 34.9. The molecule has 1 saturated heterocycles. The van der Waals surface area contributed by atoms with E-state index < -0.39 is 0 Å². The number of rotatable bonds is 4. The summed E-state index contributed by atoms with van der Waals surface area (Å²) in [6.07, 6.45) is -0.439. The van der Waals surface area contributed by atoms with Crippen molar-refractivity contribution in [2.45, 2.75) is 18.6 Å². The third-order valence-electron chi connectivity index (χ3n) is 11.3. The average Bonchev–Trinajstić information content (AvgIpc) is 3.52. The Labute approximate surface area is 308 Å². The van der Waals surface area contributed by atoms with Crippen molar-refractivity contribution in [2.75, 3.05) is 0 Å². The zero-order valence-electron chi connectivity index (χ0n) is 29.0. The molecule has 0 bridgehead atoms. The topological polar surface area (TPSA) is 41.0 Å². The van der Waals surface area contributed by atoms with Crippen LogP contribution in [0.5, 0.6) is 0 Å². The molecule has 3 N–H and O–H groups in total. The first-order valence-corrected chi connectivity index (χ1v) is 18.5. The second kappa shape index (κ2) is 12.1.